The Balaban J connectivity index is -0.000000125. The Labute approximate surface area is 77.3 Å². The van der Waals surface area contributed by atoms with Gasteiger partial charge in [0.15, 0.2) is 0 Å². The zero-order valence-electron chi connectivity index (χ0n) is 3.77. The molecule has 0 rings (SSSR count). The van der Waals surface area contributed by atoms with Gasteiger partial charge in [-0.15, -0.1) is 0 Å². The summed E-state index contributed by atoms with van der Waals surface area (Å²) in [5.74, 6) is -3.65. The van der Waals surface area contributed by atoms with Crippen molar-refractivity contribution in [2.45, 2.75) is 0 Å². The first-order valence-corrected chi connectivity index (χ1v) is 1.11. The molecule has 0 unspecified atom stereocenters. The van der Waals surface area contributed by atoms with Gasteiger partial charge in [0.25, 0.3) is 0 Å². The zero-order chi connectivity index (χ0) is 5.15. The second-order valence-electron chi connectivity index (χ2n) is 0.610. The Morgan fingerprint density at radius 3 is 1.12 bits per heavy atom. The Morgan fingerprint density at radius 2 is 1.12 bits per heavy atom. The average molecular weight is 264 g/mol. The standard InChI is InChI=1S/C2H2O4.Gd.H3N/c3-1(4)2(5)6;;/h(H,3,4)(H,5,6);;1H3. The maximum absolute atomic E-state index is 9.10. The van der Waals surface area contributed by atoms with Gasteiger partial charge in [-0.1, -0.05) is 0 Å². The van der Waals surface area contributed by atoms with E-state index in [0.29, 0.717) is 0 Å². The Bertz CT molecular complexity index is 80.0. The van der Waals surface area contributed by atoms with E-state index >= 15 is 0 Å². The minimum absolute atomic E-state index is 0. The molecule has 5 nitrogen and oxygen atoms in total. The molecule has 0 atom stereocenters. The van der Waals surface area contributed by atoms with Crippen LogP contribution in [0.3, 0.4) is 0 Å². The first kappa shape index (κ1) is 15.7. The molecule has 0 amide bonds. The number of carbonyl (C=O) groups is 2. The summed E-state index contributed by atoms with van der Waals surface area (Å²) in [5.41, 5.74) is 0. The van der Waals surface area contributed by atoms with Gasteiger partial charge in [0, 0.05) is 39.9 Å². The molecule has 50 valence electrons. The summed E-state index contributed by atoms with van der Waals surface area (Å²) in [6.07, 6.45) is 0. The molecule has 0 saturated carbocycles. The van der Waals surface area contributed by atoms with Gasteiger partial charge in [-0.2, -0.15) is 0 Å². The molecule has 0 spiro atoms. The zero-order valence-corrected chi connectivity index (χ0v) is 6.04. The molecule has 0 aliphatic rings. The monoisotopic (exact) mass is 265 g/mol. The molecular formula is C2H5GdNO4. The average Bonchev–Trinajstić information content (AvgIpc) is 1.36. The van der Waals surface area contributed by atoms with Gasteiger partial charge in [0.05, 0.1) is 0 Å². The Hall–Kier alpha value is 0.225. The van der Waals surface area contributed by atoms with Gasteiger partial charge in [-0.05, 0) is 0 Å². The van der Waals surface area contributed by atoms with Crippen LogP contribution in [-0.2, 0) is 9.59 Å². The molecule has 8 heavy (non-hydrogen) atoms. The minimum Gasteiger partial charge on any atom is -0.473 e. The maximum Gasteiger partial charge on any atom is 0.414 e. The first-order valence-electron chi connectivity index (χ1n) is 1.11. The fourth-order valence-electron chi connectivity index (χ4n) is 0. The van der Waals surface area contributed by atoms with Gasteiger partial charge in [0.1, 0.15) is 0 Å². The number of aliphatic carboxylic acids is 2. The van der Waals surface area contributed by atoms with Crippen LogP contribution >= 0.6 is 0 Å². The molecule has 5 N–H and O–H groups in total. The number of carboxylic acid groups (broad SMARTS) is 2. The molecule has 0 fully saturated rings. The molecule has 0 bridgehead atoms. The fraction of sp³-hybridized carbons (Fsp3) is 0. The molecule has 0 aromatic carbocycles. The SMILES string of the molecule is N.O=C(O)C(=O)O.[Gd]. The molecule has 0 heterocycles. The van der Waals surface area contributed by atoms with E-state index in [9.17, 15) is 0 Å². The van der Waals surface area contributed by atoms with Gasteiger partial charge < -0.3 is 16.4 Å². The summed E-state index contributed by atoms with van der Waals surface area (Å²) < 4.78 is 0. The predicted octanol–water partition coefficient (Wildman–Crippen LogP) is -0.682. The number of hydrogen-bond acceptors (Lipinski definition) is 3. The summed E-state index contributed by atoms with van der Waals surface area (Å²) in [6, 6.07) is 0. The number of hydrogen-bond donors (Lipinski definition) is 3. The summed E-state index contributed by atoms with van der Waals surface area (Å²) in [4.78, 5) is 18.2. The first-order chi connectivity index (χ1) is 2.64. The quantitative estimate of drug-likeness (QED) is 0.502. The smallest absolute Gasteiger partial charge is 0.414 e. The Morgan fingerprint density at radius 1 is 1.00 bits per heavy atom. The predicted molar refractivity (Wildman–Crippen MR) is 20.3 cm³/mol. The van der Waals surface area contributed by atoms with Crippen LogP contribution in [0.2, 0.25) is 0 Å². The van der Waals surface area contributed by atoms with E-state index < -0.39 is 11.9 Å². The van der Waals surface area contributed by atoms with Crippen LogP contribution in [0, 0.1) is 39.9 Å². The summed E-state index contributed by atoms with van der Waals surface area (Å²) in [6.45, 7) is 0. The molecule has 0 saturated heterocycles. The van der Waals surface area contributed by atoms with Crippen LogP contribution < -0.4 is 6.15 Å². The van der Waals surface area contributed by atoms with E-state index in [1.807, 2.05) is 0 Å². The van der Waals surface area contributed by atoms with E-state index in [-0.39, 0.29) is 46.1 Å². The van der Waals surface area contributed by atoms with Crippen molar-refractivity contribution >= 4 is 11.9 Å². The molecule has 6 heteroatoms. The van der Waals surface area contributed by atoms with Gasteiger partial charge in [-0.3, -0.25) is 0 Å². The van der Waals surface area contributed by atoms with Crippen LogP contribution in [-0.4, -0.2) is 22.2 Å². The number of rotatable bonds is 0. The van der Waals surface area contributed by atoms with E-state index in [2.05, 4.69) is 0 Å². The summed E-state index contributed by atoms with van der Waals surface area (Å²) in [7, 11) is 0. The van der Waals surface area contributed by atoms with Crippen LogP contribution in [0.1, 0.15) is 0 Å². The third-order valence-electron chi connectivity index (χ3n) is 0.183. The molecule has 0 aromatic rings. The molecule has 0 aromatic heterocycles. The van der Waals surface area contributed by atoms with Crippen LogP contribution in [0.5, 0.6) is 0 Å². The normalized spacial score (nSPS) is 5.50. The Kier molecular flexibility index (Phi) is 14.2. The molecular weight excluding hydrogens is 259 g/mol. The van der Waals surface area contributed by atoms with Crippen molar-refractivity contribution in [1.29, 1.82) is 0 Å². The van der Waals surface area contributed by atoms with Gasteiger partial charge in [0.2, 0.25) is 0 Å². The van der Waals surface area contributed by atoms with E-state index in [1.54, 1.807) is 0 Å². The van der Waals surface area contributed by atoms with E-state index in [4.69, 9.17) is 19.8 Å². The molecule has 0 aliphatic carbocycles. The third-order valence-corrected chi connectivity index (χ3v) is 0.183. The van der Waals surface area contributed by atoms with Gasteiger partial charge in [-0.25, -0.2) is 9.59 Å². The van der Waals surface area contributed by atoms with Crippen molar-refractivity contribution in [2.75, 3.05) is 0 Å². The van der Waals surface area contributed by atoms with Crippen molar-refractivity contribution in [3.63, 3.8) is 0 Å². The van der Waals surface area contributed by atoms with Crippen LogP contribution in [0.15, 0.2) is 0 Å². The molecule has 0 radical (unpaired) electrons. The number of carboxylic acids is 2. The van der Waals surface area contributed by atoms with Crippen molar-refractivity contribution in [3.8, 4) is 0 Å². The maximum atomic E-state index is 9.10. The topological polar surface area (TPSA) is 110 Å². The van der Waals surface area contributed by atoms with Crippen molar-refractivity contribution in [1.82, 2.24) is 6.15 Å². The second kappa shape index (κ2) is 7.22. The van der Waals surface area contributed by atoms with Crippen LogP contribution in [0.25, 0.3) is 0 Å². The largest absolute Gasteiger partial charge is 0.473 e. The molecule has 0 aliphatic heterocycles. The van der Waals surface area contributed by atoms with Crippen molar-refractivity contribution < 1.29 is 59.7 Å². The summed E-state index contributed by atoms with van der Waals surface area (Å²) in [5, 5.41) is 14.8. The fourth-order valence-corrected chi connectivity index (χ4v) is 0. The van der Waals surface area contributed by atoms with E-state index in [1.165, 1.54) is 0 Å². The summed E-state index contributed by atoms with van der Waals surface area (Å²) >= 11 is 0. The van der Waals surface area contributed by atoms with Crippen molar-refractivity contribution in [2.24, 2.45) is 0 Å². The minimum atomic E-state index is -1.82. The second-order valence-corrected chi connectivity index (χ2v) is 0.610. The van der Waals surface area contributed by atoms with Gasteiger partial charge >= 0.3 is 11.9 Å². The third kappa shape index (κ3) is 9.52. The van der Waals surface area contributed by atoms with Crippen LogP contribution in [0.4, 0.5) is 0 Å². The van der Waals surface area contributed by atoms with Crippen molar-refractivity contribution in [3.05, 3.63) is 0 Å². The van der Waals surface area contributed by atoms with E-state index in [0.717, 1.165) is 0 Å².